The van der Waals surface area contributed by atoms with Gasteiger partial charge in [0, 0.05) is 0 Å². The summed E-state index contributed by atoms with van der Waals surface area (Å²) in [6, 6.07) is 7.20. The number of carbonyl (C=O) groups is 2. The second-order valence-electron chi connectivity index (χ2n) is 7.76. The van der Waals surface area contributed by atoms with Crippen molar-refractivity contribution in [3.8, 4) is 0 Å². The fourth-order valence-corrected chi connectivity index (χ4v) is 4.83. The molecule has 0 radical (unpaired) electrons. The number of benzene rings is 1. The van der Waals surface area contributed by atoms with Gasteiger partial charge < -0.3 is 14.9 Å². The number of rotatable bonds is 8. The minimum absolute atomic E-state index is 0.158. The summed E-state index contributed by atoms with van der Waals surface area (Å²) in [5, 5.41) is 11.6. The Morgan fingerprint density at radius 2 is 1.80 bits per heavy atom. The molecule has 1 amide bonds. The van der Waals surface area contributed by atoms with Gasteiger partial charge in [-0.15, -0.1) is 11.3 Å². The van der Waals surface area contributed by atoms with E-state index >= 15 is 0 Å². The van der Waals surface area contributed by atoms with Crippen LogP contribution in [-0.4, -0.2) is 52.9 Å². The number of quaternary nitrogens is 1. The molecule has 7 heteroatoms. The second kappa shape index (κ2) is 9.10. The van der Waals surface area contributed by atoms with Crippen LogP contribution in [0.2, 0.25) is 0 Å². The first-order valence-electron chi connectivity index (χ1n) is 10.4. The average molecular weight is 429 g/mol. The molecular formula is C23H30N3O3S+. The molecule has 0 unspecified atom stereocenters. The number of nitrogens with zero attached hydrogens (tertiary/aromatic N) is 2. The van der Waals surface area contributed by atoms with E-state index in [9.17, 15) is 14.7 Å². The third-order valence-corrected chi connectivity index (χ3v) is 6.83. The maximum absolute atomic E-state index is 13.5. The number of aryl methyl sites for hydroxylation is 3. The molecule has 2 heterocycles. The molecule has 3 rings (SSSR count). The molecule has 1 atom stereocenters. The van der Waals surface area contributed by atoms with Crippen LogP contribution in [0.25, 0.3) is 0 Å². The average Bonchev–Trinajstić information content (AvgIpc) is 3.19. The lowest BCUT2D eigenvalue weighted by Gasteiger charge is -2.28. The molecule has 6 nitrogen and oxygen atoms in total. The zero-order chi connectivity index (χ0) is 22.0. The zero-order valence-corrected chi connectivity index (χ0v) is 19.1. The van der Waals surface area contributed by atoms with Gasteiger partial charge in [0.1, 0.15) is 0 Å². The Hall–Kier alpha value is -2.51. The minimum Gasteiger partial charge on any atom is -0.503 e. The molecule has 160 valence electrons. The Morgan fingerprint density at radius 1 is 1.17 bits per heavy atom. The van der Waals surface area contributed by atoms with Crippen molar-refractivity contribution < 1.29 is 19.6 Å². The van der Waals surface area contributed by atoms with E-state index < -0.39 is 17.7 Å². The molecule has 2 aromatic rings. The van der Waals surface area contributed by atoms with E-state index in [1.54, 1.807) is 11.8 Å². The van der Waals surface area contributed by atoms with E-state index in [1.807, 2.05) is 38.1 Å². The van der Waals surface area contributed by atoms with Gasteiger partial charge in [-0.2, -0.15) is 0 Å². The highest BCUT2D eigenvalue weighted by Crippen LogP contribution is 2.39. The topological polar surface area (TPSA) is 74.9 Å². The van der Waals surface area contributed by atoms with Gasteiger partial charge in [0.2, 0.25) is 5.78 Å². The summed E-state index contributed by atoms with van der Waals surface area (Å²) < 4.78 is 0. The van der Waals surface area contributed by atoms with Crippen molar-refractivity contribution in [3.05, 3.63) is 62.3 Å². The number of thiazole rings is 1. The lowest BCUT2D eigenvalue weighted by molar-refractivity contribution is -0.895. The largest absolute Gasteiger partial charge is 0.503 e. The van der Waals surface area contributed by atoms with Crippen LogP contribution < -0.4 is 4.90 Å². The summed E-state index contributed by atoms with van der Waals surface area (Å²) in [7, 11) is 0. The van der Waals surface area contributed by atoms with E-state index in [-0.39, 0.29) is 11.4 Å². The van der Waals surface area contributed by atoms with Crippen molar-refractivity contribution in [2.45, 2.75) is 40.7 Å². The summed E-state index contributed by atoms with van der Waals surface area (Å²) >= 11 is 1.30. The Kier molecular flexibility index (Phi) is 6.73. The first kappa shape index (κ1) is 22.2. The third-order valence-electron chi connectivity index (χ3n) is 5.76. The fourth-order valence-electron chi connectivity index (χ4n) is 3.96. The molecule has 0 spiro atoms. The second-order valence-corrected chi connectivity index (χ2v) is 8.96. The van der Waals surface area contributed by atoms with Crippen LogP contribution in [-0.2, 0) is 4.79 Å². The van der Waals surface area contributed by atoms with Crippen LogP contribution in [0, 0.1) is 20.8 Å². The monoisotopic (exact) mass is 428 g/mol. The van der Waals surface area contributed by atoms with Gasteiger partial charge in [-0.05, 0) is 40.2 Å². The molecule has 30 heavy (non-hydrogen) atoms. The van der Waals surface area contributed by atoms with E-state index in [4.69, 9.17) is 0 Å². The lowest BCUT2D eigenvalue weighted by Crippen LogP contribution is -3.12. The normalized spacial score (nSPS) is 16.8. The number of hydrogen-bond acceptors (Lipinski definition) is 5. The first-order chi connectivity index (χ1) is 14.3. The van der Waals surface area contributed by atoms with Gasteiger partial charge in [0.25, 0.3) is 5.91 Å². The number of nitrogens with one attached hydrogen (secondary N) is 1. The summed E-state index contributed by atoms with van der Waals surface area (Å²) in [5.74, 6) is -1.23. The molecule has 1 aliphatic heterocycles. The fraction of sp³-hybridized carbons (Fsp3) is 0.435. The third kappa shape index (κ3) is 4.18. The number of aliphatic hydroxyl groups is 1. The Labute approximate surface area is 181 Å². The lowest BCUT2D eigenvalue weighted by atomic mass is 9.94. The highest BCUT2D eigenvalue weighted by Gasteiger charge is 2.44. The van der Waals surface area contributed by atoms with E-state index in [0.29, 0.717) is 17.1 Å². The van der Waals surface area contributed by atoms with Gasteiger partial charge in [-0.25, -0.2) is 4.98 Å². The summed E-state index contributed by atoms with van der Waals surface area (Å²) in [5.41, 5.74) is 2.71. The zero-order valence-electron chi connectivity index (χ0n) is 18.3. The molecule has 0 fully saturated rings. The number of likely N-dealkylation sites (N-methyl/N-ethyl adjacent to an activating group) is 1. The van der Waals surface area contributed by atoms with Crippen molar-refractivity contribution in [1.29, 1.82) is 0 Å². The predicted molar refractivity (Wildman–Crippen MR) is 118 cm³/mol. The Bertz CT molecular complexity index is 974. The van der Waals surface area contributed by atoms with E-state index in [0.717, 1.165) is 35.8 Å². The van der Waals surface area contributed by atoms with Gasteiger partial charge in [-0.1, -0.05) is 29.8 Å². The number of Topliss-reactive ketones (excluding diaryl/α,β-unsaturated/α-hetero) is 1. The predicted octanol–water partition coefficient (Wildman–Crippen LogP) is 2.57. The Balaban J connectivity index is 2.04. The maximum Gasteiger partial charge on any atom is 0.290 e. The van der Waals surface area contributed by atoms with Crippen molar-refractivity contribution in [3.63, 3.8) is 0 Å². The standard InChI is InChI=1S/C23H29N3O3S/c1-6-25(7-2)12-13-26-19(17-10-8-14(3)9-11-17)18(21(28)23(26)29)20(27)22-15(4)24-16(5)30-22/h8-11,19,28H,6-7,12-13H2,1-5H3/p+1/t19-/m0/s1. The van der Waals surface area contributed by atoms with Crippen molar-refractivity contribution in [1.82, 2.24) is 9.88 Å². The highest BCUT2D eigenvalue weighted by molar-refractivity contribution is 7.14. The molecule has 1 aromatic heterocycles. The molecule has 0 bridgehead atoms. The van der Waals surface area contributed by atoms with Crippen molar-refractivity contribution >= 4 is 23.0 Å². The SMILES string of the molecule is CC[NH+](CC)CCN1C(=O)C(O)=C(C(=O)c2sc(C)nc2C)[C@@H]1c1ccc(C)cc1. The molecule has 0 saturated carbocycles. The van der Waals surface area contributed by atoms with E-state index in [2.05, 4.69) is 18.8 Å². The molecule has 2 N–H and O–H groups in total. The van der Waals surface area contributed by atoms with Crippen LogP contribution in [0.1, 0.15) is 51.4 Å². The number of aromatic nitrogens is 1. The van der Waals surface area contributed by atoms with Crippen LogP contribution in [0.3, 0.4) is 0 Å². The number of aliphatic hydroxyl groups excluding tert-OH is 1. The van der Waals surface area contributed by atoms with Gasteiger partial charge in [-0.3, -0.25) is 9.59 Å². The number of hydrogen-bond donors (Lipinski definition) is 2. The van der Waals surface area contributed by atoms with E-state index in [1.165, 1.54) is 16.2 Å². The maximum atomic E-state index is 13.5. The summed E-state index contributed by atoms with van der Waals surface area (Å²) in [4.78, 5) is 34.3. The van der Waals surface area contributed by atoms with Crippen molar-refractivity contribution in [2.24, 2.45) is 0 Å². The smallest absolute Gasteiger partial charge is 0.290 e. The highest BCUT2D eigenvalue weighted by atomic mass is 32.1. The first-order valence-corrected chi connectivity index (χ1v) is 11.2. The van der Waals surface area contributed by atoms with Crippen LogP contribution in [0.5, 0.6) is 0 Å². The summed E-state index contributed by atoms with van der Waals surface area (Å²) in [6.45, 7) is 13.0. The van der Waals surface area contributed by atoms with Crippen molar-refractivity contribution in [2.75, 3.05) is 26.2 Å². The van der Waals surface area contributed by atoms with Gasteiger partial charge >= 0.3 is 0 Å². The molecule has 1 aromatic carbocycles. The molecule has 0 saturated heterocycles. The number of carbonyl (C=O) groups excluding carboxylic acids is 2. The number of ketones is 1. The Morgan fingerprint density at radius 3 is 2.33 bits per heavy atom. The quantitative estimate of drug-likeness (QED) is 0.634. The van der Waals surface area contributed by atoms with Gasteiger partial charge in [0.15, 0.2) is 5.76 Å². The van der Waals surface area contributed by atoms with Crippen LogP contribution >= 0.6 is 11.3 Å². The minimum atomic E-state index is -0.595. The van der Waals surface area contributed by atoms with Crippen LogP contribution in [0.4, 0.5) is 0 Å². The summed E-state index contributed by atoms with van der Waals surface area (Å²) in [6.07, 6.45) is 0. The molecular weight excluding hydrogens is 398 g/mol. The van der Waals surface area contributed by atoms with Gasteiger partial charge in [0.05, 0.1) is 53.4 Å². The molecule has 0 aliphatic carbocycles. The van der Waals surface area contributed by atoms with Crippen LogP contribution in [0.15, 0.2) is 35.6 Å². The number of amides is 1. The molecule has 1 aliphatic rings.